The molecule has 0 spiro atoms. The van der Waals surface area contributed by atoms with Gasteiger partial charge < -0.3 is 14.0 Å². The number of thioether (sulfide) groups is 1. The van der Waals surface area contributed by atoms with E-state index in [0.717, 1.165) is 28.3 Å². The summed E-state index contributed by atoms with van der Waals surface area (Å²) in [4.78, 5) is 16.2. The van der Waals surface area contributed by atoms with Crippen LogP contribution in [0.3, 0.4) is 0 Å². The minimum absolute atomic E-state index is 0.133. The number of nitrogens with zero attached hydrogens (tertiary/aromatic N) is 2. The smallest absolute Gasteiger partial charge is 0.305 e. The van der Waals surface area contributed by atoms with Gasteiger partial charge in [0.15, 0.2) is 22.5 Å². The molecule has 0 bridgehead atoms. The van der Waals surface area contributed by atoms with Crippen LogP contribution in [-0.2, 0) is 16.1 Å². The van der Waals surface area contributed by atoms with Crippen molar-refractivity contribution in [2.75, 3.05) is 19.0 Å². The Morgan fingerprint density at radius 2 is 1.90 bits per heavy atom. The average Bonchev–Trinajstić information content (AvgIpc) is 3.05. The van der Waals surface area contributed by atoms with E-state index in [1.807, 2.05) is 28.8 Å². The van der Waals surface area contributed by atoms with Crippen LogP contribution in [0.2, 0.25) is 0 Å². The molecule has 0 atom stereocenters. The number of imidazole rings is 1. The fourth-order valence-electron chi connectivity index (χ4n) is 2.89. The van der Waals surface area contributed by atoms with E-state index in [0.29, 0.717) is 31.7 Å². The average molecular weight is 420 g/mol. The fourth-order valence-corrected chi connectivity index (χ4v) is 3.75. The van der Waals surface area contributed by atoms with Crippen LogP contribution in [-0.4, -0.2) is 34.5 Å². The zero-order valence-electron chi connectivity index (χ0n) is 16.1. The molecule has 3 rings (SSSR count). The molecule has 0 saturated heterocycles. The Balaban J connectivity index is 1.63. The van der Waals surface area contributed by atoms with Gasteiger partial charge in [-0.15, -0.1) is 0 Å². The Kier molecular flexibility index (Phi) is 7.46. The first-order valence-corrected chi connectivity index (χ1v) is 10.4. The number of para-hydroxylation sites is 3. The highest BCUT2D eigenvalue weighted by molar-refractivity contribution is 7.99. The highest BCUT2D eigenvalue weighted by Gasteiger charge is 2.13. The number of halogens is 2. The zero-order valence-corrected chi connectivity index (χ0v) is 16.9. The van der Waals surface area contributed by atoms with Gasteiger partial charge in [0.2, 0.25) is 0 Å². The molecule has 0 aliphatic heterocycles. The van der Waals surface area contributed by atoms with Crippen molar-refractivity contribution in [1.29, 1.82) is 0 Å². The van der Waals surface area contributed by atoms with Crippen LogP contribution < -0.4 is 4.74 Å². The van der Waals surface area contributed by atoms with Gasteiger partial charge in [-0.1, -0.05) is 30.0 Å². The summed E-state index contributed by atoms with van der Waals surface area (Å²) in [7, 11) is 0. The normalized spacial score (nSPS) is 11.0. The van der Waals surface area contributed by atoms with Gasteiger partial charge in [-0.2, -0.15) is 0 Å². The van der Waals surface area contributed by atoms with E-state index in [2.05, 4.69) is 4.98 Å². The molecule has 0 N–H and O–H groups in total. The molecular weight excluding hydrogens is 398 g/mol. The van der Waals surface area contributed by atoms with Gasteiger partial charge in [-0.05, 0) is 37.6 Å². The number of esters is 1. The van der Waals surface area contributed by atoms with Crippen LogP contribution in [0.4, 0.5) is 8.78 Å². The highest BCUT2D eigenvalue weighted by Crippen LogP contribution is 2.26. The molecular formula is C21H22F2N2O3S. The lowest BCUT2D eigenvalue weighted by Gasteiger charge is -2.10. The number of aromatic nitrogens is 2. The van der Waals surface area contributed by atoms with Gasteiger partial charge in [-0.25, -0.2) is 13.8 Å². The van der Waals surface area contributed by atoms with Gasteiger partial charge >= 0.3 is 5.97 Å². The second kappa shape index (κ2) is 10.2. The number of carbonyl (C=O) groups excluding carboxylic acids is 1. The quantitative estimate of drug-likeness (QED) is 0.267. The van der Waals surface area contributed by atoms with Crippen molar-refractivity contribution in [2.45, 2.75) is 31.5 Å². The Labute approximate surface area is 172 Å². The summed E-state index contributed by atoms with van der Waals surface area (Å²) >= 11 is 1.44. The highest BCUT2D eigenvalue weighted by atomic mass is 32.2. The van der Waals surface area contributed by atoms with Crippen LogP contribution in [0.15, 0.2) is 47.6 Å². The van der Waals surface area contributed by atoms with Crippen molar-refractivity contribution in [3.8, 4) is 5.75 Å². The third kappa shape index (κ3) is 5.47. The first-order valence-electron chi connectivity index (χ1n) is 9.40. The summed E-state index contributed by atoms with van der Waals surface area (Å²) < 4.78 is 39.6. The third-order valence-corrected chi connectivity index (χ3v) is 5.11. The van der Waals surface area contributed by atoms with Gasteiger partial charge in [-0.3, -0.25) is 4.79 Å². The molecule has 0 unspecified atom stereocenters. The van der Waals surface area contributed by atoms with Crippen molar-refractivity contribution < 1.29 is 23.0 Å². The molecule has 5 nitrogen and oxygen atoms in total. The van der Waals surface area contributed by atoms with E-state index >= 15 is 0 Å². The lowest BCUT2D eigenvalue weighted by atomic mass is 10.3. The molecule has 0 saturated carbocycles. The van der Waals surface area contributed by atoms with Crippen LogP contribution in [0.25, 0.3) is 11.0 Å². The van der Waals surface area contributed by atoms with Crippen molar-refractivity contribution in [2.24, 2.45) is 0 Å². The maximum atomic E-state index is 13.6. The number of benzene rings is 2. The van der Waals surface area contributed by atoms with E-state index < -0.39 is 11.6 Å². The number of hydrogen-bond acceptors (Lipinski definition) is 5. The summed E-state index contributed by atoms with van der Waals surface area (Å²) in [5.74, 6) is -1.56. The molecule has 0 amide bonds. The summed E-state index contributed by atoms with van der Waals surface area (Å²) in [6.45, 7) is 2.90. The Hall–Kier alpha value is -2.61. The third-order valence-electron chi connectivity index (χ3n) is 4.17. The number of ether oxygens (including phenoxy) is 2. The zero-order chi connectivity index (χ0) is 20.6. The Morgan fingerprint density at radius 1 is 1.14 bits per heavy atom. The lowest BCUT2D eigenvalue weighted by Crippen LogP contribution is -2.08. The lowest BCUT2D eigenvalue weighted by molar-refractivity contribution is -0.143. The van der Waals surface area contributed by atoms with Gasteiger partial charge in [0.25, 0.3) is 0 Å². The molecule has 8 heteroatoms. The van der Waals surface area contributed by atoms with Crippen LogP contribution >= 0.6 is 11.8 Å². The topological polar surface area (TPSA) is 53.4 Å². The molecule has 0 fully saturated rings. The van der Waals surface area contributed by atoms with E-state index in [-0.39, 0.29) is 18.3 Å². The van der Waals surface area contributed by atoms with E-state index in [9.17, 15) is 13.6 Å². The second-order valence-electron chi connectivity index (χ2n) is 6.19. The number of rotatable bonds is 10. The number of fused-ring (bicyclic) bond motifs is 1. The molecule has 2 aromatic carbocycles. The predicted molar refractivity (Wildman–Crippen MR) is 108 cm³/mol. The van der Waals surface area contributed by atoms with Crippen LogP contribution in [0.1, 0.15) is 19.8 Å². The van der Waals surface area contributed by atoms with E-state index in [1.54, 1.807) is 6.92 Å². The number of hydrogen-bond donors (Lipinski definition) is 0. The van der Waals surface area contributed by atoms with Crippen molar-refractivity contribution >= 4 is 28.8 Å². The van der Waals surface area contributed by atoms with Gasteiger partial charge in [0.1, 0.15) is 0 Å². The van der Waals surface area contributed by atoms with Crippen molar-refractivity contribution in [3.05, 3.63) is 54.1 Å². The van der Waals surface area contributed by atoms with Gasteiger partial charge in [0.05, 0.1) is 24.2 Å². The molecule has 29 heavy (non-hydrogen) atoms. The van der Waals surface area contributed by atoms with Crippen molar-refractivity contribution in [3.63, 3.8) is 0 Å². The number of carbonyl (C=O) groups is 1. The number of aryl methyl sites for hydroxylation is 1. The van der Waals surface area contributed by atoms with Crippen LogP contribution in [0, 0.1) is 11.6 Å². The maximum Gasteiger partial charge on any atom is 0.305 e. The minimum Gasteiger partial charge on any atom is -0.487 e. The van der Waals surface area contributed by atoms with E-state index in [1.165, 1.54) is 17.8 Å². The minimum atomic E-state index is -0.721. The fraction of sp³-hybridized carbons (Fsp3) is 0.333. The molecule has 0 aliphatic carbocycles. The standard InChI is InChI=1S/C21H22F2N2O3S/c1-2-27-19(26)11-6-12-25-18-10-4-3-9-17(18)24-21(25)29-14-13-28-20-15(22)7-5-8-16(20)23/h3-5,7-10H,2,6,11-14H2,1H3. The second-order valence-corrected chi connectivity index (χ2v) is 7.25. The van der Waals surface area contributed by atoms with Gasteiger partial charge in [0, 0.05) is 18.7 Å². The summed E-state index contributed by atoms with van der Waals surface area (Å²) in [5, 5.41) is 0.771. The summed E-state index contributed by atoms with van der Waals surface area (Å²) in [5.41, 5.74) is 1.83. The molecule has 1 heterocycles. The van der Waals surface area contributed by atoms with E-state index in [4.69, 9.17) is 9.47 Å². The van der Waals surface area contributed by atoms with Crippen molar-refractivity contribution in [1.82, 2.24) is 9.55 Å². The summed E-state index contributed by atoms with van der Waals surface area (Å²) in [6.07, 6.45) is 0.962. The molecule has 0 radical (unpaired) electrons. The first kappa shape index (κ1) is 21.1. The SMILES string of the molecule is CCOC(=O)CCCn1c(SCCOc2c(F)cccc2F)nc2ccccc21. The maximum absolute atomic E-state index is 13.6. The molecule has 154 valence electrons. The monoisotopic (exact) mass is 420 g/mol. The largest absolute Gasteiger partial charge is 0.487 e. The molecule has 3 aromatic rings. The Bertz CT molecular complexity index is 957. The Morgan fingerprint density at radius 3 is 2.66 bits per heavy atom. The van der Waals surface area contributed by atoms with Crippen LogP contribution in [0.5, 0.6) is 5.75 Å². The predicted octanol–water partition coefficient (Wildman–Crippen LogP) is 4.83. The summed E-state index contributed by atoms with van der Waals surface area (Å²) in [6, 6.07) is 11.4. The molecule has 0 aliphatic rings. The first-order chi connectivity index (χ1) is 14.1. The molecule has 1 aromatic heterocycles.